The van der Waals surface area contributed by atoms with E-state index in [4.69, 9.17) is 16.7 Å². The van der Waals surface area contributed by atoms with Crippen molar-refractivity contribution in [3.05, 3.63) is 34.3 Å². The van der Waals surface area contributed by atoms with E-state index in [9.17, 15) is 9.59 Å². The Morgan fingerprint density at radius 3 is 2.56 bits per heavy atom. The van der Waals surface area contributed by atoms with Gasteiger partial charge in [-0.3, -0.25) is 4.79 Å². The maximum absolute atomic E-state index is 12.1. The first kappa shape index (κ1) is 12.9. The van der Waals surface area contributed by atoms with E-state index in [1.807, 2.05) is 0 Å². The highest BCUT2D eigenvalue weighted by atomic mass is 35.5. The highest BCUT2D eigenvalue weighted by molar-refractivity contribution is 6.31. The highest BCUT2D eigenvalue weighted by Gasteiger charge is 2.45. The summed E-state index contributed by atoms with van der Waals surface area (Å²) in [6.45, 7) is 1.74. The number of rotatable bonds is 3. The van der Waals surface area contributed by atoms with Crippen LogP contribution in [0.2, 0.25) is 5.02 Å². The van der Waals surface area contributed by atoms with Crippen molar-refractivity contribution >= 4 is 23.5 Å². The minimum atomic E-state index is -1.09. The van der Waals surface area contributed by atoms with E-state index in [-0.39, 0.29) is 5.91 Å². The molecule has 0 aliphatic heterocycles. The zero-order valence-electron chi connectivity index (χ0n) is 10.00. The van der Waals surface area contributed by atoms with Gasteiger partial charge in [0, 0.05) is 10.6 Å². The van der Waals surface area contributed by atoms with E-state index in [1.54, 1.807) is 25.1 Å². The number of hydrogen-bond acceptors (Lipinski definition) is 2. The summed E-state index contributed by atoms with van der Waals surface area (Å²) in [5, 5.41) is 12.3. The van der Waals surface area contributed by atoms with Crippen LogP contribution < -0.4 is 5.32 Å². The lowest BCUT2D eigenvalue weighted by Gasteiger charge is -2.38. The smallest absolute Gasteiger partial charge is 0.329 e. The van der Waals surface area contributed by atoms with Crippen molar-refractivity contribution in [2.24, 2.45) is 0 Å². The van der Waals surface area contributed by atoms with E-state index < -0.39 is 11.5 Å². The summed E-state index contributed by atoms with van der Waals surface area (Å²) >= 11 is 5.94. The Kier molecular flexibility index (Phi) is 3.30. The van der Waals surface area contributed by atoms with Crippen LogP contribution in [0.3, 0.4) is 0 Å². The molecule has 1 saturated carbocycles. The standard InChI is InChI=1S/C13H14ClNO3/c1-8-9(4-2-5-10(8)14)11(16)15-13(12(17)18)6-3-7-13/h2,4-5H,3,6-7H2,1H3,(H,15,16)(H,17,18). The summed E-state index contributed by atoms with van der Waals surface area (Å²) in [4.78, 5) is 23.3. The lowest BCUT2D eigenvalue weighted by molar-refractivity contribution is -0.148. The molecule has 0 unspecified atom stereocenters. The molecule has 2 rings (SSSR count). The number of halogens is 1. The Morgan fingerprint density at radius 2 is 2.06 bits per heavy atom. The Hall–Kier alpha value is -1.55. The number of benzene rings is 1. The summed E-state index contributed by atoms with van der Waals surface area (Å²) in [5.41, 5.74) is -0.00203. The molecule has 1 fully saturated rings. The molecule has 0 radical (unpaired) electrons. The molecule has 0 spiro atoms. The van der Waals surface area contributed by atoms with E-state index in [0.29, 0.717) is 29.0 Å². The van der Waals surface area contributed by atoms with Crippen LogP contribution in [0.5, 0.6) is 0 Å². The zero-order valence-corrected chi connectivity index (χ0v) is 10.8. The summed E-state index contributed by atoms with van der Waals surface area (Å²) in [6, 6.07) is 5.02. The van der Waals surface area contributed by atoms with Gasteiger partial charge in [0.15, 0.2) is 0 Å². The molecule has 1 amide bonds. The monoisotopic (exact) mass is 267 g/mol. The van der Waals surface area contributed by atoms with Crippen LogP contribution in [0.25, 0.3) is 0 Å². The van der Waals surface area contributed by atoms with Gasteiger partial charge in [-0.05, 0) is 43.9 Å². The second-order valence-electron chi connectivity index (χ2n) is 4.61. The summed E-state index contributed by atoms with van der Waals surface area (Å²) in [5.74, 6) is -1.35. The Labute approximate surface area is 110 Å². The molecule has 96 valence electrons. The van der Waals surface area contributed by atoms with Crippen molar-refractivity contribution < 1.29 is 14.7 Å². The molecule has 5 heteroatoms. The lowest BCUT2D eigenvalue weighted by Crippen LogP contribution is -2.59. The third-order valence-electron chi connectivity index (χ3n) is 3.48. The number of hydrogen-bond donors (Lipinski definition) is 2. The van der Waals surface area contributed by atoms with Gasteiger partial charge in [-0.1, -0.05) is 17.7 Å². The van der Waals surface area contributed by atoms with Crippen LogP contribution >= 0.6 is 11.6 Å². The van der Waals surface area contributed by atoms with Crippen molar-refractivity contribution in [3.8, 4) is 0 Å². The number of nitrogens with one attached hydrogen (secondary N) is 1. The first-order valence-corrected chi connectivity index (χ1v) is 6.15. The van der Waals surface area contributed by atoms with Gasteiger partial charge in [-0.15, -0.1) is 0 Å². The molecule has 1 aliphatic rings. The van der Waals surface area contributed by atoms with Gasteiger partial charge in [-0.25, -0.2) is 4.79 Å². The van der Waals surface area contributed by atoms with Crippen molar-refractivity contribution in [3.63, 3.8) is 0 Å². The molecule has 0 saturated heterocycles. The fourth-order valence-corrected chi connectivity index (χ4v) is 2.24. The molecule has 1 aromatic rings. The SMILES string of the molecule is Cc1c(Cl)cccc1C(=O)NC1(C(=O)O)CCC1. The van der Waals surface area contributed by atoms with Gasteiger partial charge >= 0.3 is 5.97 Å². The Bertz CT molecular complexity index is 509. The van der Waals surface area contributed by atoms with Crippen LogP contribution in [0.1, 0.15) is 35.2 Å². The number of carboxylic acid groups (broad SMARTS) is 1. The highest BCUT2D eigenvalue weighted by Crippen LogP contribution is 2.32. The van der Waals surface area contributed by atoms with E-state index in [1.165, 1.54) is 0 Å². The number of aliphatic carboxylic acids is 1. The van der Waals surface area contributed by atoms with Crippen molar-refractivity contribution in [2.75, 3.05) is 0 Å². The predicted molar refractivity (Wildman–Crippen MR) is 67.9 cm³/mol. The van der Waals surface area contributed by atoms with Gasteiger partial charge < -0.3 is 10.4 Å². The van der Waals surface area contributed by atoms with Gasteiger partial charge in [-0.2, -0.15) is 0 Å². The fraction of sp³-hybridized carbons (Fsp3) is 0.385. The van der Waals surface area contributed by atoms with Crippen LogP contribution in [0.15, 0.2) is 18.2 Å². The molecular formula is C13H14ClNO3. The van der Waals surface area contributed by atoms with Crippen molar-refractivity contribution in [1.82, 2.24) is 5.32 Å². The Balaban J connectivity index is 2.22. The number of amides is 1. The normalized spacial score (nSPS) is 16.8. The molecule has 0 atom stereocenters. The quantitative estimate of drug-likeness (QED) is 0.884. The third-order valence-corrected chi connectivity index (χ3v) is 3.89. The van der Waals surface area contributed by atoms with Crippen molar-refractivity contribution in [1.29, 1.82) is 0 Å². The van der Waals surface area contributed by atoms with Crippen molar-refractivity contribution in [2.45, 2.75) is 31.7 Å². The molecule has 0 aromatic heterocycles. The summed E-state index contributed by atoms with van der Waals surface area (Å²) in [6.07, 6.45) is 1.78. The molecule has 1 aromatic carbocycles. The average Bonchev–Trinajstić information content (AvgIpc) is 2.26. The van der Waals surface area contributed by atoms with Gasteiger partial charge in [0.1, 0.15) is 5.54 Å². The molecule has 2 N–H and O–H groups in total. The van der Waals surface area contributed by atoms with Crippen LogP contribution in [-0.2, 0) is 4.79 Å². The van der Waals surface area contributed by atoms with E-state index >= 15 is 0 Å². The molecule has 0 bridgehead atoms. The van der Waals surface area contributed by atoms with E-state index in [2.05, 4.69) is 5.32 Å². The van der Waals surface area contributed by atoms with Gasteiger partial charge in [0.2, 0.25) is 0 Å². The minimum Gasteiger partial charge on any atom is -0.480 e. The molecule has 18 heavy (non-hydrogen) atoms. The molecule has 4 nitrogen and oxygen atoms in total. The number of carbonyl (C=O) groups excluding carboxylic acids is 1. The topological polar surface area (TPSA) is 66.4 Å². The Morgan fingerprint density at radius 1 is 1.39 bits per heavy atom. The van der Waals surface area contributed by atoms with Crippen LogP contribution in [-0.4, -0.2) is 22.5 Å². The predicted octanol–water partition coefficient (Wildman–Crippen LogP) is 2.39. The maximum atomic E-state index is 12.1. The van der Waals surface area contributed by atoms with Gasteiger partial charge in [0.05, 0.1) is 0 Å². The second-order valence-corrected chi connectivity index (χ2v) is 5.01. The van der Waals surface area contributed by atoms with Crippen LogP contribution in [0, 0.1) is 6.92 Å². The largest absolute Gasteiger partial charge is 0.480 e. The zero-order chi connectivity index (χ0) is 13.3. The summed E-state index contributed by atoms with van der Waals surface area (Å²) < 4.78 is 0. The maximum Gasteiger partial charge on any atom is 0.329 e. The molecule has 1 aliphatic carbocycles. The fourth-order valence-electron chi connectivity index (χ4n) is 2.06. The first-order chi connectivity index (χ1) is 8.46. The third kappa shape index (κ3) is 2.08. The van der Waals surface area contributed by atoms with Gasteiger partial charge in [0.25, 0.3) is 5.91 Å². The van der Waals surface area contributed by atoms with E-state index in [0.717, 1.165) is 6.42 Å². The lowest BCUT2D eigenvalue weighted by atomic mass is 9.76. The minimum absolute atomic E-state index is 0.378. The second kappa shape index (κ2) is 4.61. The van der Waals surface area contributed by atoms with Crippen LogP contribution in [0.4, 0.5) is 0 Å². The first-order valence-electron chi connectivity index (χ1n) is 5.77. The summed E-state index contributed by atoms with van der Waals surface area (Å²) in [7, 11) is 0. The number of carbonyl (C=O) groups is 2. The average molecular weight is 268 g/mol. The number of carboxylic acids is 1. The molecular weight excluding hydrogens is 254 g/mol. The molecule has 0 heterocycles.